The maximum absolute atomic E-state index is 12.9. The minimum atomic E-state index is -3.61. The predicted octanol–water partition coefficient (Wildman–Crippen LogP) is 2.12. The first-order valence-corrected chi connectivity index (χ1v) is 12.6. The molecule has 0 spiro atoms. The number of sulfonamides is 1. The molecule has 3 N–H and O–H groups in total. The predicted molar refractivity (Wildman–Crippen MR) is 123 cm³/mol. The number of carbonyl (C=O) groups is 1. The van der Waals surface area contributed by atoms with E-state index in [1.54, 1.807) is 0 Å². The monoisotopic (exact) mass is 495 g/mol. The molecule has 0 radical (unpaired) electrons. The van der Waals surface area contributed by atoms with E-state index in [4.69, 9.17) is 16.3 Å². The van der Waals surface area contributed by atoms with Crippen LogP contribution in [0, 0.1) is 0 Å². The molecule has 0 atom stereocenters. The van der Waals surface area contributed by atoms with Gasteiger partial charge in [-0.25, -0.2) is 13.4 Å². The number of hydrogen-bond acceptors (Lipinski definition) is 8. The molecule has 1 aromatic carbocycles. The fourth-order valence-electron chi connectivity index (χ4n) is 3.89. The van der Waals surface area contributed by atoms with E-state index in [1.165, 1.54) is 34.8 Å². The molecule has 1 aliphatic carbocycles. The number of amides is 1. The first-order chi connectivity index (χ1) is 15.8. The van der Waals surface area contributed by atoms with Crippen LogP contribution in [0.25, 0.3) is 0 Å². The van der Waals surface area contributed by atoms with E-state index in [2.05, 4.69) is 20.6 Å². The number of nitrogens with zero attached hydrogens (tertiary/aromatic N) is 3. The second-order valence-electron chi connectivity index (χ2n) is 8.05. The third kappa shape index (κ3) is 5.79. The number of carbonyl (C=O) groups excluding carboxylic acids is 1. The van der Waals surface area contributed by atoms with Gasteiger partial charge in [0.05, 0.1) is 24.2 Å². The number of halogens is 1. The summed E-state index contributed by atoms with van der Waals surface area (Å²) in [4.78, 5) is 21.2. The van der Waals surface area contributed by atoms with Gasteiger partial charge in [0, 0.05) is 31.0 Å². The van der Waals surface area contributed by atoms with E-state index in [0.717, 1.165) is 12.8 Å². The number of morpholine rings is 1. The Bertz CT molecular complexity index is 1080. The van der Waals surface area contributed by atoms with E-state index in [-0.39, 0.29) is 27.9 Å². The number of hydrogen-bond donors (Lipinski definition) is 3. The fraction of sp³-hybridized carbons (Fsp3) is 0.476. The molecule has 178 valence electrons. The van der Waals surface area contributed by atoms with Crippen LogP contribution >= 0.6 is 11.6 Å². The molecule has 1 saturated carbocycles. The van der Waals surface area contributed by atoms with Crippen molar-refractivity contribution >= 4 is 39.0 Å². The maximum atomic E-state index is 12.9. The van der Waals surface area contributed by atoms with Crippen molar-refractivity contribution in [3.63, 3.8) is 0 Å². The van der Waals surface area contributed by atoms with Gasteiger partial charge in [0.1, 0.15) is 11.4 Å². The number of aromatic nitrogens is 2. The lowest BCUT2D eigenvalue weighted by Gasteiger charge is -2.27. The molecule has 1 aliphatic heterocycles. The lowest BCUT2D eigenvalue weighted by atomic mass is 9.93. The average Bonchev–Trinajstić information content (AvgIpc) is 2.81. The lowest BCUT2D eigenvalue weighted by Crippen LogP contribution is -2.40. The van der Waals surface area contributed by atoms with E-state index in [1.807, 2.05) is 0 Å². The Morgan fingerprint density at radius 3 is 2.45 bits per heavy atom. The van der Waals surface area contributed by atoms with Crippen molar-refractivity contribution in [2.75, 3.05) is 36.9 Å². The van der Waals surface area contributed by atoms with Gasteiger partial charge < -0.3 is 20.5 Å². The summed E-state index contributed by atoms with van der Waals surface area (Å²) in [5.74, 6) is -0.130. The zero-order valence-corrected chi connectivity index (χ0v) is 19.5. The standard InChI is InChI=1S/C21H26ClN5O5S/c22-21-23-13-18(19(26-21)24-14-1-5-16(28)6-2-14)20(29)25-15-3-7-17(8-4-15)33(30,31)27-9-11-32-12-10-27/h3-4,7-8,13-14,16,28H,1-2,5-6,9-12H2,(H,25,29)(H,23,24,26)/t14-,16-. The Morgan fingerprint density at radius 1 is 1.12 bits per heavy atom. The Balaban J connectivity index is 1.46. The third-order valence-electron chi connectivity index (χ3n) is 5.76. The van der Waals surface area contributed by atoms with Crippen LogP contribution in [0.1, 0.15) is 36.0 Å². The van der Waals surface area contributed by atoms with E-state index in [9.17, 15) is 18.3 Å². The van der Waals surface area contributed by atoms with Gasteiger partial charge in [-0.15, -0.1) is 0 Å². The Hall–Kier alpha value is -2.31. The number of rotatable bonds is 6. The summed E-state index contributed by atoms with van der Waals surface area (Å²) in [5, 5.41) is 15.7. The van der Waals surface area contributed by atoms with Crippen LogP contribution in [0.3, 0.4) is 0 Å². The van der Waals surface area contributed by atoms with Crippen molar-refractivity contribution in [1.29, 1.82) is 0 Å². The van der Waals surface area contributed by atoms with Gasteiger partial charge >= 0.3 is 0 Å². The first kappa shape index (κ1) is 23.8. The van der Waals surface area contributed by atoms with Gasteiger partial charge in [0.2, 0.25) is 15.3 Å². The smallest absolute Gasteiger partial charge is 0.260 e. The largest absolute Gasteiger partial charge is 0.393 e. The van der Waals surface area contributed by atoms with E-state index < -0.39 is 15.9 Å². The van der Waals surface area contributed by atoms with Crippen molar-refractivity contribution in [2.24, 2.45) is 0 Å². The zero-order valence-electron chi connectivity index (χ0n) is 17.9. The maximum Gasteiger partial charge on any atom is 0.260 e. The van der Waals surface area contributed by atoms with Gasteiger partial charge in [-0.05, 0) is 61.5 Å². The second-order valence-corrected chi connectivity index (χ2v) is 10.3. The number of benzene rings is 1. The number of aliphatic hydroxyl groups is 1. The van der Waals surface area contributed by atoms with Crippen molar-refractivity contribution in [3.8, 4) is 0 Å². The minimum absolute atomic E-state index is 0.0163. The SMILES string of the molecule is O=C(Nc1ccc(S(=O)(=O)N2CCOCC2)cc1)c1cnc(Cl)nc1N[C@H]1CC[C@H](O)CC1. The fourth-order valence-corrected chi connectivity index (χ4v) is 5.44. The summed E-state index contributed by atoms with van der Waals surface area (Å²) < 4.78 is 32.1. The summed E-state index contributed by atoms with van der Waals surface area (Å²) in [5.41, 5.74) is 0.651. The second kappa shape index (κ2) is 10.3. The zero-order chi connectivity index (χ0) is 23.4. The number of aliphatic hydroxyl groups excluding tert-OH is 1. The van der Waals surface area contributed by atoms with Crippen LogP contribution in [-0.4, -0.2) is 72.2 Å². The summed E-state index contributed by atoms with van der Waals surface area (Å²) in [7, 11) is -3.61. The molecule has 0 bridgehead atoms. The Morgan fingerprint density at radius 2 is 1.79 bits per heavy atom. The summed E-state index contributed by atoms with van der Waals surface area (Å²) in [6, 6.07) is 6.07. The van der Waals surface area contributed by atoms with Gasteiger partial charge in [-0.2, -0.15) is 9.29 Å². The first-order valence-electron chi connectivity index (χ1n) is 10.8. The van der Waals surface area contributed by atoms with Crippen LogP contribution in [0.4, 0.5) is 11.5 Å². The molecule has 2 aromatic rings. The van der Waals surface area contributed by atoms with Crippen molar-refractivity contribution in [3.05, 3.63) is 41.3 Å². The molecular weight excluding hydrogens is 470 g/mol. The van der Waals surface area contributed by atoms with Crippen LogP contribution in [0.2, 0.25) is 5.28 Å². The average molecular weight is 496 g/mol. The van der Waals surface area contributed by atoms with Gasteiger partial charge in [0.15, 0.2) is 0 Å². The molecule has 2 fully saturated rings. The molecule has 1 aromatic heterocycles. The van der Waals surface area contributed by atoms with Crippen LogP contribution in [0.15, 0.2) is 35.4 Å². The molecule has 2 aliphatic rings. The molecule has 0 unspecified atom stereocenters. The normalized spacial score (nSPS) is 22.0. The highest BCUT2D eigenvalue weighted by Gasteiger charge is 2.26. The van der Waals surface area contributed by atoms with Gasteiger partial charge in [0.25, 0.3) is 5.91 Å². The molecule has 12 heteroatoms. The highest BCUT2D eigenvalue weighted by molar-refractivity contribution is 7.89. The summed E-state index contributed by atoms with van der Waals surface area (Å²) in [6.45, 7) is 1.36. The van der Waals surface area contributed by atoms with Crippen LogP contribution < -0.4 is 10.6 Å². The Labute approximate surface area is 197 Å². The number of nitrogens with one attached hydrogen (secondary N) is 2. The molecular formula is C21H26ClN5O5S. The highest BCUT2D eigenvalue weighted by Crippen LogP contribution is 2.25. The molecule has 4 rings (SSSR count). The quantitative estimate of drug-likeness (QED) is 0.519. The van der Waals surface area contributed by atoms with Crippen molar-refractivity contribution in [2.45, 2.75) is 42.7 Å². The van der Waals surface area contributed by atoms with Crippen molar-refractivity contribution in [1.82, 2.24) is 14.3 Å². The Kier molecular flexibility index (Phi) is 7.45. The minimum Gasteiger partial charge on any atom is -0.393 e. The molecule has 2 heterocycles. The number of anilines is 2. The highest BCUT2D eigenvalue weighted by atomic mass is 35.5. The summed E-state index contributed by atoms with van der Waals surface area (Å²) >= 11 is 5.94. The molecule has 1 saturated heterocycles. The molecule has 10 nitrogen and oxygen atoms in total. The van der Waals surface area contributed by atoms with Crippen molar-refractivity contribution < 1.29 is 23.1 Å². The van der Waals surface area contributed by atoms with E-state index >= 15 is 0 Å². The van der Waals surface area contributed by atoms with Crippen LogP contribution in [-0.2, 0) is 14.8 Å². The van der Waals surface area contributed by atoms with E-state index in [0.29, 0.717) is 50.7 Å². The molecule has 1 amide bonds. The van der Waals surface area contributed by atoms with Crippen LogP contribution in [0.5, 0.6) is 0 Å². The topological polar surface area (TPSA) is 134 Å². The molecule has 33 heavy (non-hydrogen) atoms. The number of ether oxygens (including phenoxy) is 1. The lowest BCUT2D eigenvalue weighted by molar-refractivity contribution is 0.0730. The third-order valence-corrected chi connectivity index (χ3v) is 7.86. The van der Waals surface area contributed by atoms with Gasteiger partial charge in [-0.1, -0.05) is 0 Å². The summed E-state index contributed by atoms with van der Waals surface area (Å²) in [6.07, 6.45) is 3.92. The van der Waals surface area contributed by atoms with Gasteiger partial charge in [-0.3, -0.25) is 4.79 Å².